The van der Waals surface area contributed by atoms with Gasteiger partial charge in [-0.15, -0.1) is 0 Å². The Balaban J connectivity index is 1.05. The lowest BCUT2D eigenvalue weighted by Gasteiger charge is -2.26. The molecule has 2 aromatic heterocycles. The van der Waals surface area contributed by atoms with Crippen molar-refractivity contribution < 1.29 is 0 Å². The summed E-state index contributed by atoms with van der Waals surface area (Å²) in [7, 11) is 0. The Bertz CT molecular complexity index is 3350. The van der Waals surface area contributed by atoms with E-state index in [0.29, 0.717) is 11.5 Å². The summed E-state index contributed by atoms with van der Waals surface area (Å²) in [6.07, 6.45) is 2.19. The maximum atomic E-state index is 9.76. The molecule has 1 aliphatic rings. The standard InChI is InChI=1S/C57H39N5/c58-55(41-19-7-2-8-20-41)54(56-46-26-14-13-23-43(46)36-49(59-56)38-17-5-1-6-18-38)40-31-29-39(30-32-40)50-37-51(61-57(60-50)42-21-9-3-10-22-42)44-33-34-53-48(35-44)47-27-15-16-28-52(47)62(53)45-24-11-4-12-25-45/h1-37,58-59H/b56-54-,58-55?. The van der Waals surface area contributed by atoms with Gasteiger partial charge in [-0.3, -0.25) is 5.41 Å². The number of fused-ring (bicyclic) bond motifs is 4. The zero-order valence-electron chi connectivity index (χ0n) is 33.7. The molecule has 0 saturated heterocycles. The Morgan fingerprint density at radius 1 is 0.452 bits per heavy atom. The molecule has 0 spiro atoms. The fraction of sp³-hybridized carbons (Fsp3) is 0. The smallest absolute Gasteiger partial charge is 0.160 e. The molecule has 5 nitrogen and oxygen atoms in total. The third-order valence-corrected chi connectivity index (χ3v) is 11.6. The lowest BCUT2D eigenvalue weighted by Crippen LogP contribution is -2.20. The molecule has 2 N–H and O–H groups in total. The van der Waals surface area contributed by atoms with Crippen LogP contribution in [0, 0.1) is 5.41 Å². The summed E-state index contributed by atoms with van der Waals surface area (Å²) >= 11 is 0. The average molecular weight is 794 g/mol. The number of allylic oxidation sites excluding steroid dienone is 1. The van der Waals surface area contributed by atoms with Gasteiger partial charge in [-0.25, -0.2) is 9.97 Å². The molecule has 5 heteroatoms. The van der Waals surface area contributed by atoms with Crippen molar-refractivity contribution in [3.63, 3.8) is 0 Å². The van der Waals surface area contributed by atoms with E-state index in [2.05, 4.69) is 180 Å². The lowest BCUT2D eigenvalue weighted by molar-refractivity contribution is 1.18. The second-order valence-corrected chi connectivity index (χ2v) is 15.5. The lowest BCUT2D eigenvalue weighted by atomic mass is 9.87. The summed E-state index contributed by atoms with van der Waals surface area (Å²) in [6, 6.07) is 75.3. The van der Waals surface area contributed by atoms with Crippen molar-refractivity contribution in [1.29, 1.82) is 5.41 Å². The Hall–Kier alpha value is -8.41. The van der Waals surface area contributed by atoms with Gasteiger partial charge in [0.1, 0.15) is 0 Å². The summed E-state index contributed by atoms with van der Waals surface area (Å²) in [5.74, 6) is 0.658. The fourth-order valence-electron chi connectivity index (χ4n) is 8.63. The highest BCUT2D eigenvalue weighted by atomic mass is 15.0. The van der Waals surface area contributed by atoms with E-state index in [-0.39, 0.29) is 0 Å². The van der Waals surface area contributed by atoms with E-state index in [9.17, 15) is 5.41 Å². The minimum Gasteiger partial charge on any atom is -0.354 e. The van der Waals surface area contributed by atoms with Crippen LogP contribution in [-0.4, -0.2) is 20.2 Å². The second-order valence-electron chi connectivity index (χ2n) is 15.5. The van der Waals surface area contributed by atoms with Crippen LogP contribution in [0.15, 0.2) is 218 Å². The number of para-hydroxylation sites is 2. The van der Waals surface area contributed by atoms with Crippen LogP contribution in [0.25, 0.3) is 84.4 Å². The molecule has 1 aliphatic heterocycles. The zero-order chi connectivity index (χ0) is 41.4. The summed E-state index contributed by atoms with van der Waals surface area (Å²) < 4.78 is 2.33. The number of hydrogen-bond donors (Lipinski definition) is 2. The number of nitrogens with zero attached hydrogens (tertiary/aromatic N) is 3. The molecule has 0 aliphatic carbocycles. The van der Waals surface area contributed by atoms with Gasteiger partial charge in [-0.05, 0) is 59.2 Å². The van der Waals surface area contributed by atoms with Gasteiger partial charge in [0.2, 0.25) is 0 Å². The first-order valence-electron chi connectivity index (χ1n) is 20.8. The van der Waals surface area contributed by atoms with E-state index >= 15 is 0 Å². The minimum absolute atomic E-state index is 0.435. The molecule has 0 bridgehead atoms. The van der Waals surface area contributed by atoms with Gasteiger partial charge in [-0.1, -0.05) is 182 Å². The van der Waals surface area contributed by atoms with Gasteiger partial charge >= 0.3 is 0 Å². The molecular formula is C57H39N5. The molecule has 62 heavy (non-hydrogen) atoms. The number of aromatic nitrogens is 3. The molecule has 0 amide bonds. The Labute approximate surface area is 360 Å². The highest BCUT2D eigenvalue weighted by molar-refractivity contribution is 6.36. The first kappa shape index (κ1) is 36.7. The highest BCUT2D eigenvalue weighted by Crippen LogP contribution is 2.39. The fourth-order valence-corrected chi connectivity index (χ4v) is 8.63. The van der Waals surface area contributed by atoms with Gasteiger partial charge in [0, 0.05) is 55.5 Å². The summed E-state index contributed by atoms with van der Waals surface area (Å²) in [4.78, 5) is 10.4. The van der Waals surface area contributed by atoms with Crippen molar-refractivity contribution in [2.24, 2.45) is 0 Å². The van der Waals surface area contributed by atoms with Gasteiger partial charge in [-0.2, -0.15) is 0 Å². The molecule has 11 rings (SSSR count). The van der Waals surface area contributed by atoms with Gasteiger partial charge in [0.25, 0.3) is 0 Å². The van der Waals surface area contributed by atoms with Crippen LogP contribution >= 0.6 is 0 Å². The second kappa shape index (κ2) is 15.6. The van der Waals surface area contributed by atoms with E-state index in [0.717, 1.165) is 95.0 Å². The van der Waals surface area contributed by atoms with Crippen LogP contribution in [0.1, 0.15) is 27.8 Å². The Morgan fingerprint density at radius 2 is 1.03 bits per heavy atom. The molecule has 0 fully saturated rings. The van der Waals surface area contributed by atoms with Crippen LogP contribution in [0.3, 0.4) is 0 Å². The number of nitrogens with one attached hydrogen (secondary N) is 2. The molecular weight excluding hydrogens is 755 g/mol. The molecule has 10 aromatic rings. The third kappa shape index (κ3) is 6.68. The van der Waals surface area contributed by atoms with Crippen LogP contribution in [-0.2, 0) is 0 Å². The predicted octanol–water partition coefficient (Wildman–Crippen LogP) is 13.6. The predicted molar refractivity (Wildman–Crippen MR) is 257 cm³/mol. The van der Waals surface area contributed by atoms with Crippen LogP contribution in [0.4, 0.5) is 0 Å². The molecule has 0 saturated carbocycles. The van der Waals surface area contributed by atoms with Crippen LogP contribution in [0.2, 0.25) is 0 Å². The molecule has 3 heterocycles. The van der Waals surface area contributed by atoms with Gasteiger partial charge in [0.15, 0.2) is 5.82 Å². The van der Waals surface area contributed by atoms with Crippen molar-refractivity contribution in [3.05, 3.63) is 246 Å². The van der Waals surface area contributed by atoms with Crippen molar-refractivity contribution in [2.45, 2.75) is 0 Å². The summed E-state index contributed by atoms with van der Waals surface area (Å²) in [5, 5.41) is 15.9. The Morgan fingerprint density at radius 3 is 1.77 bits per heavy atom. The van der Waals surface area contributed by atoms with Gasteiger partial charge < -0.3 is 9.88 Å². The quantitative estimate of drug-likeness (QED) is 0.151. The maximum absolute atomic E-state index is 9.76. The van der Waals surface area contributed by atoms with Crippen molar-refractivity contribution in [2.75, 3.05) is 0 Å². The Kier molecular flexibility index (Phi) is 9.25. The van der Waals surface area contributed by atoms with Gasteiger partial charge in [0.05, 0.1) is 33.8 Å². The molecule has 8 aromatic carbocycles. The van der Waals surface area contributed by atoms with Crippen molar-refractivity contribution >= 4 is 50.6 Å². The highest BCUT2D eigenvalue weighted by Gasteiger charge is 2.24. The zero-order valence-corrected chi connectivity index (χ0v) is 33.7. The monoisotopic (exact) mass is 793 g/mol. The normalized spacial score (nSPS) is 13.0. The molecule has 0 atom stereocenters. The average Bonchev–Trinajstić information content (AvgIpc) is 3.69. The van der Waals surface area contributed by atoms with Crippen molar-refractivity contribution in [1.82, 2.24) is 19.9 Å². The summed E-state index contributed by atoms with van der Waals surface area (Å²) in [5.41, 5.74) is 16.1. The molecule has 0 radical (unpaired) electrons. The van der Waals surface area contributed by atoms with E-state index in [1.165, 1.54) is 5.39 Å². The SMILES string of the molecule is N=C(/C(=C1\NC(c2ccccc2)=Cc2ccccc21)c1ccc(-c2cc(-c3ccc4c(c3)c3ccccc3n4-c3ccccc3)nc(-c3ccccc3)n2)cc1)c1ccccc1. The summed E-state index contributed by atoms with van der Waals surface area (Å²) in [6.45, 7) is 0. The minimum atomic E-state index is 0.435. The van der Waals surface area contributed by atoms with E-state index in [1.54, 1.807) is 0 Å². The maximum Gasteiger partial charge on any atom is 0.160 e. The number of benzene rings is 8. The number of rotatable bonds is 8. The van der Waals surface area contributed by atoms with Crippen LogP contribution < -0.4 is 5.32 Å². The van der Waals surface area contributed by atoms with E-state index < -0.39 is 0 Å². The first-order valence-corrected chi connectivity index (χ1v) is 20.8. The van der Waals surface area contributed by atoms with Crippen molar-refractivity contribution in [3.8, 4) is 39.6 Å². The molecule has 292 valence electrons. The molecule has 0 unspecified atom stereocenters. The first-order chi connectivity index (χ1) is 30.7. The van der Waals surface area contributed by atoms with Crippen LogP contribution in [0.5, 0.6) is 0 Å². The van der Waals surface area contributed by atoms with E-state index in [4.69, 9.17) is 9.97 Å². The van der Waals surface area contributed by atoms with E-state index in [1.807, 2.05) is 54.6 Å². The topological polar surface area (TPSA) is 66.6 Å². The third-order valence-electron chi connectivity index (χ3n) is 11.6. The largest absolute Gasteiger partial charge is 0.354 e. The number of hydrogen-bond acceptors (Lipinski definition) is 4.